The maximum atomic E-state index is 12.5. The number of carbonyl (C=O) groups is 1. The molecule has 134 valence electrons. The third-order valence-corrected chi connectivity index (χ3v) is 7.27. The minimum Gasteiger partial charge on any atom is -0.343 e. The predicted molar refractivity (Wildman–Crippen MR) is 102 cm³/mol. The smallest absolute Gasteiger partial charge is 0.238 e. The number of aryl methyl sites for hydroxylation is 2. The number of benzene rings is 1. The van der Waals surface area contributed by atoms with Gasteiger partial charge in [-0.15, -0.1) is 11.3 Å². The van der Waals surface area contributed by atoms with E-state index in [1.165, 1.54) is 30.9 Å². The van der Waals surface area contributed by atoms with Crippen LogP contribution < -0.4 is 5.32 Å². The minimum atomic E-state index is -3.42. The zero-order valence-corrected chi connectivity index (χ0v) is 16.1. The molecule has 0 aliphatic heterocycles. The highest BCUT2D eigenvalue weighted by Crippen LogP contribution is 2.30. The van der Waals surface area contributed by atoms with Gasteiger partial charge in [0.05, 0.1) is 6.04 Å². The van der Waals surface area contributed by atoms with Crippen LogP contribution in [0.15, 0.2) is 35.7 Å². The predicted octanol–water partition coefficient (Wildman–Crippen LogP) is 3.27. The van der Waals surface area contributed by atoms with E-state index in [4.69, 9.17) is 0 Å². The number of sulfone groups is 1. The lowest BCUT2D eigenvalue weighted by Gasteiger charge is -2.23. The minimum absolute atomic E-state index is 0.316. The van der Waals surface area contributed by atoms with Crippen LogP contribution in [-0.2, 0) is 27.5 Å². The summed E-state index contributed by atoms with van der Waals surface area (Å²) in [7, 11) is -3.42. The highest BCUT2D eigenvalue weighted by atomic mass is 32.2. The molecule has 0 saturated carbocycles. The van der Waals surface area contributed by atoms with Crippen LogP contribution in [-0.4, -0.2) is 25.8 Å². The van der Waals surface area contributed by atoms with Crippen LogP contribution in [0.5, 0.6) is 0 Å². The molecule has 1 aromatic heterocycles. The molecule has 25 heavy (non-hydrogen) atoms. The second kappa shape index (κ2) is 7.30. The number of nitrogens with one attached hydrogen (secondary N) is 1. The molecule has 1 aliphatic rings. The second-order valence-electron chi connectivity index (χ2n) is 6.66. The second-order valence-corrected chi connectivity index (χ2v) is 10.0. The SMILES string of the molecule is CC(C(=O)NC(c1ccc2c(c1)CCCC2)c1cccs1)S(C)(=O)=O. The summed E-state index contributed by atoms with van der Waals surface area (Å²) in [6, 6.07) is 9.97. The van der Waals surface area contributed by atoms with E-state index in [2.05, 4.69) is 23.5 Å². The topological polar surface area (TPSA) is 63.2 Å². The fourth-order valence-electron chi connectivity index (χ4n) is 3.16. The summed E-state index contributed by atoms with van der Waals surface area (Å²) in [6.07, 6.45) is 5.68. The van der Waals surface area contributed by atoms with E-state index in [1.807, 2.05) is 17.5 Å². The Morgan fingerprint density at radius 2 is 1.88 bits per heavy atom. The van der Waals surface area contributed by atoms with Crippen LogP contribution in [0.4, 0.5) is 0 Å². The van der Waals surface area contributed by atoms with Crippen LogP contribution in [0.2, 0.25) is 0 Å². The zero-order valence-electron chi connectivity index (χ0n) is 14.5. The summed E-state index contributed by atoms with van der Waals surface area (Å²) in [4.78, 5) is 13.5. The molecule has 1 heterocycles. The molecule has 1 amide bonds. The Balaban J connectivity index is 1.92. The Labute approximate surface area is 153 Å². The van der Waals surface area contributed by atoms with Crippen LogP contribution in [0, 0.1) is 0 Å². The van der Waals surface area contributed by atoms with Crippen molar-refractivity contribution in [2.75, 3.05) is 6.26 Å². The first-order chi connectivity index (χ1) is 11.9. The maximum absolute atomic E-state index is 12.5. The molecule has 0 fully saturated rings. The monoisotopic (exact) mass is 377 g/mol. The molecule has 1 N–H and O–H groups in total. The molecule has 2 atom stereocenters. The zero-order chi connectivity index (χ0) is 18.0. The lowest BCUT2D eigenvalue weighted by Crippen LogP contribution is -2.39. The van der Waals surface area contributed by atoms with E-state index < -0.39 is 21.0 Å². The molecule has 0 bridgehead atoms. The van der Waals surface area contributed by atoms with Gasteiger partial charge >= 0.3 is 0 Å². The van der Waals surface area contributed by atoms with E-state index in [-0.39, 0.29) is 6.04 Å². The fourth-order valence-corrected chi connectivity index (χ4v) is 4.42. The maximum Gasteiger partial charge on any atom is 0.238 e. The van der Waals surface area contributed by atoms with Gasteiger partial charge < -0.3 is 5.32 Å². The molecular weight excluding hydrogens is 354 g/mol. The molecule has 0 saturated heterocycles. The molecule has 1 aromatic carbocycles. The van der Waals surface area contributed by atoms with Crippen LogP contribution in [0.25, 0.3) is 0 Å². The van der Waals surface area contributed by atoms with Gasteiger partial charge in [-0.05, 0) is 60.7 Å². The van der Waals surface area contributed by atoms with Gasteiger partial charge in [-0.2, -0.15) is 0 Å². The molecule has 6 heteroatoms. The molecule has 0 spiro atoms. The van der Waals surface area contributed by atoms with Gasteiger partial charge in [0.25, 0.3) is 0 Å². The van der Waals surface area contributed by atoms with E-state index in [9.17, 15) is 13.2 Å². The number of rotatable bonds is 5. The van der Waals surface area contributed by atoms with Gasteiger partial charge in [0.2, 0.25) is 5.91 Å². The first kappa shape index (κ1) is 18.1. The van der Waals surface area contributed by atoms with Gasteiger partial charge in [0.15, 0.2) is 9.84 Å². The standard InChI is InChI=1S/C19H23NO3S2/c1-13(25(2,22)23)19(21)20-18(17-8-5-11-24-17)16-10-9-14-6-3-4-7-15(14)12-16/h5,8-13,18H,3-4,6-7H2,1-2H3,(H,20,21). The van der Waals surface area contributed by atoms with Crippen molar-refractivity contribution in [1.82, 2.24) is 5.32 Å². The van der Waals surface area contributed by atoms with Crippen molar-refractivity contribution in [3.63, 3.8) is 0 Å². The quantitative estimate of drug-likeness (QED) is 0.870. The summed E-state index contributed by atoms with van der Waals surface area (Å²) >= 11 is 1.56. The Kier molecular flexibility index (Phi) is 5.29. The largest absolute Gasteiger partial charge is 0.343 e. The normalized spacial score (nSPS) is 16.7. The van der Waals surface area contributed by atoms with Crippen LogP contribution >= 0.6 is 11.3 Å². The number of amides is 1. The van der Waals surface area contributed by atoms with Crippen molar-refractivity contribution < 1.29 is 13.2 Å². The van der Waals surface area contributed by atoms with E-state index in [0.29, 0.717) is 0 Å². The molecule has 2 aromatic rings. The average molecular weight is 378 g/mol. The number of carbonyl (C=O) groups excluding carboxylic acids is 1. The molecule has 4 nitrogen and oxygen atoms in total. The van der Waals surface area contributed by atoms with Crippen molar-refractivity contribution in [3.8, 4) is 0 Å². The lowest BCUT2D eigenvalue weighted by atomic mass is 9.89. The van der Waals surface area contributed by atoms with Gasteiger partial charge in [0.1, 0.15) is 5.25 Å². The highest BCUT2D eigenvalue weighted by Gasteiger charge is 2.27. The first-order valence-electron chi connectivity index (χ1n) is 8.50. The summed E-state index contributed by atoms with van der Waals surface area (Å²) in [6.45, 7) is 1.43. The molecular formula is C19H23NO3S2. The number of hydrogen-bond donors (Lipinski definition) is 1. The van der Waals surface area contributed by atoms with Crippen molar-refractivity contribution in [3.05, 3.63) is 57.3 Å². The first-order valence-corrected chi connectivity index (χ1v) is 11.3. The van der Waals surface area contributed by atoms with Crippen molar-refractivity contribution in [1.29, 1.82) is 0 Å². The van der Waals surface area contributed by atoms with Gasteiger partial charge in [0, 0.05) is 11.1 Å². The summed E-state index contributed by atoms with van der Waals surface area (Å²) in [5.41, 5.74) is 3.74. The van der Waals surface area contributed by atoms with Gasteiger partial charge in [-0.3, -0.25) is 4.79 Å². The van der Waals surface area contributed by atoms with Crippen LogP contribution in [0.3, 0.4) is 0 Å². The number of hydrogen-bond acceptors (Lipinski definition) is 4. The van der Waals surface area contributed by atoms with Crippen molar-refractivity contribution in [2.45, 2.75) is 43.9 Å². The van der Waals surface area contributed by atoms with E-state index in [1.54, 1.807) is 11.3 Å². The van der Waals surface area contributed by atoms with Crippen molar-refractivity contribution >= 4 is 27.1 Å². The third-order valence-electron chi connectivity index (χ3n) is 4.83. The molecule has 0 radical (unpaired) electrons. The third kappa shape index (κ3) is 4.12. The summed E-state index contributed by atoms with van der Waals surface area (Å²) in [5, 5.41) is 3.84. The Morgan fingerprint density at radius 1 is 1.16 bits per heavy atom. The lowest BCUT2D eigenvalue weighted by molar-refractivity contribution is -0.120. The summed E-state index contributed by atoms with van der Waals surface area (Å²) < 4.78 is 23.4. The molecule has 3 rings (SSSR count). The van der Waals surface area contributed by atoms with E-state index in [0.717, 1.165) is 29.5 Å². The van der Waals surface area contributed by atoms with Crippen molar-refractivity contribution in [2.24, 2.45) is 0 Å². The molecule has 1 aliphatic carbocycles. The average Bonchev–Trinajstić information content (AvgIpc) is 3.11. The highest BCUT2D eigenvalue weighted by molar-refractivity contribution is 7.92. The van der Waals surface area contributed by atoms with E-state index >= 15 is 0 Å². The number of fused-ring (bicyclic) bond motifs is 1. The van der Waals surface area contributed by atoms with Gasteiger partial charge in [-0.25, -0.2) is 8.42 Å². The Bertz CT molecular complexity index is 857. The number of thiophene rings is 1. The Hall–Kier alpha value is -1.66. The summed E-state index contributed by atoms with van der Waals surface area (Å²) in [5.74, 6) is -0.460. The molecule has 2 unspecified atom stereocenters. The van der Waals surface area contributed by atoms with Gasteiger partial charge in [-0.1, -0.05) is 24.3 Å². The van der Waals surface area contributed by atoms with Crippen LogP contribution in [0.1, 0.15) is 47.4 Å². The fraction of sp³-hybridized carbons (Fsp3) is 0.421. The Morgan fingerprint density at radius 3 is 2.52 bits per heavy atom.